The summed E-state index contributed by atoms with van der Waals surface area (Å²) in [7, 11) is -4.22. The van der Waals surface area contributed by atoms with Gasteiger partial charge in [0.25, 0.3) is 11.8 Å². The summed E-state index contributed by atoms with van der Waals surface area (Å²) in [5.74, 6) is -1.52. The third-order valence-corrected chi connectivity index (χ3v) is 4.25. The molecule has 0 saturated heterocycles. The topological polar surface area (TPSA) is 80.8 Å². The van der Waals surface area contributed by atoms with Crippen LogP contribution in [0, 0.1) is 6.92 Å². The van der Waals surface area contributed by atoms with Crippen LogP contribution in [0.25, 0.3) is 0 Å². The van der Waals surface area contributed by atoms with Crippen LogP contribution in [0.3, 0.4) is 0 Å². The predicted molar refractivity (Wildman–Crippen MR) is 69.7 cm³/mol. The lowest BCUT2D eigenvalue weighted by molar-refractivity contribution is -0.162. The Kier molecular flexibility index (Phi) is 3.49. The molecule has 1 aliphatic heterocycles. The molecular weight excluding hydrogens is 282 g/mol. The van der Waals surface area contributed by atoms with E-state index in [-0.39, 0.29) is 21.1 Å². The average Bonchev–Trinajstić information content (AvgIpc) is 2.57. The zero-order chi connectivity index (χ0) is 15.1. The molecule has 0 aliphatic carbocycles. The van der Waals surface area contributed by atoms with Gasteiger partial charge in [-0.3, -0.25) is 9.59 Å². The monoisotopic (exact) mass is 295 g/mol. The van der Waals surface area contributed by atoms with Gasteiger partial charge >= 0.3 is 10.1 Å². The molecule has 0 bridgehead atoms. The van der Waals surface area contributed by atoms with Crippen LogP contribution >= 0.6 is 0 Å². The molecule has 2 amide bonds. The first-order valence-electron chi connectivity index (χ1n) is 5.81. The van der Waals surface area contributed by atoms with Crippen molar-refractivity contribution in [3.8, 4) is 0 Å². The molecule has 7 heteroatoms. The van der Waals surface area contributed by atoms with E-state index in [1.165, 1.54) is 26.0 Å². The van der Waals surface area contributed by atoms with Crippen molar-refractivity contribution >= 4 is 21.9 Å². The second-order valence-corrected chi connectivity index (χ2v) is 6.03. The van der Waals surface area contributed by atoms with Crippen molar-refractivity contribution in [1.82, 2.24) is 5.06 Å². The average molecular weight is 295 g/mol. The minimum Gasteiger partial charge on any atom is -0.267 e. The molecule has 1 aromatic carbocycles. The molecule has 0 N–H and O–H groups in total. The summed E-state index contributed by atoms with van der Waals surface area (Å²) < 4.78 is 28.7. The first-order valence-corrected chi connectivity index (χ1v) is 7.22. The van der Waals surface area contributed by atoms with Crippen molar-refractivity contribution in [2.24, 2.45) is 0 Å². The van der Waals surface area contributed by atoms with E-state index >= 15 is 0 Å². The Labute approximate surface area is 116 Å². The number of nitrogens with zero attached hydrogens (tertiary/aromatic N) is 1. The second-order valence-electron chi connectivity index (χ2n) is 4.50. The maximum absolute atomic E-state index is 12.0. The number of aryl methyl sites for hydroxylation is 1. The summed E-state index contributed by atoms with van der Waals surface area (Å²) in [6.07, 6.45) is 0. The molecule has 0 radical (unpaired) electrons. The summed E-state index contributed by atoms with van der Waals surface area (Å²) in [5.41, 5.74) is 1.23. The quantitative estimate of drug-likeness (QED) is 0.786. The van der Waals surface area contributed by atoms with Crippen LogP contribution in [0.4, 0.5) is 0 Å². The van der Waals surface area contributed by atoms with Gasteiger partial charge in [-0.05, 0) is 32.9 Å². The van der Waals surface area contributed by atoms with Gasteiger partial charge in [0.15, 0.2) is 0 Å². The predicted octanol–water partition coefficient (Wildman–Crippen LogP) is 1.32. The molecule has 2 rings (SSSR count). The van der Waals surface area contributed by atoms with Crippen molar-refractivity contribution in [3.05, 3.63) is 41.0 Å². The van der Waals surface area contributed by atoms with Crippen LogP contribution in [0.15, 0.2) is 40.3 Å². The van der Waals surface area contributed by atoms with Crippen LogP contribution in [-0.2, 0) is 24.0 Å². The van der Waals surface area contributed by atoms with Crippen LogP contribution in [-0.4, -0.2) is 25.3 Å². The van der Waals surface area contributed by atoms with E-state index in [9.17, 15) is 18.0 Å². The van der Waals surface area contributed by atoms with Gasteiger partial charge in [-0.2, -0.15) is 8.42 Å². The van der Waals surface area contributed by atoms with E-state index in [0.717, 1.165) is 5.56 Å². The van der Waals surface area contributed by atoms with E-state index in [1.807, 2.05) is 0 Å². The normalized spacial score (nSPS) is 16.2. The smallest absolute Gasteiger partial charge is 0.267 e. The Morgan fingerprint density at radius 1 is 0.900 bits per heavy atom. The number of carbonyl (C=O) groups is 2. The number of rotatable bonds is 3. The molecule has 20 heavy (non-hydrogen) atoms. The van der Waals surface area contributed by atoms with E-state index in [1.54, 1.807) is 19.1 Å². The third-order valence-electron chi connectivity index (χ3n) is 3.06. The van der Waals surface area contributed by atoms with Crippen molar-refractivity contribution in [2.75, 3.05) is 0 Å². The molecule has 0 atom stereocenters. The van der Waals surface area contributed by atoms with Gasteiger partial charge in [-0.25, -0.2) is 0 Å². The fraction of sp³-hybridized carbons (Fsp3) is 0.231. The van der Waals surface area contributed by atoms with E-state index < -0.39 is 21.9 Å². The van der Waals surface area contributed by atoms with Gasteiger partial charge in [0.1, 0.15) is 0 Å². The Hall–Kier alpha value is -1.99. The third kappa shape index (κ3) is 2.37. The standard InChI is InChI=1S/C13H13NO5S/c1-8-4-6-11(7-5-8)20(17,18)19-14-12(15)9(2)10(3)13(14)16/h4-7H,1-3H3. The molecule has 106 valence electrons. The number of benzene rings is 1. The van der Waals surface area contributed by atoms with Gasteiger partial charge in [-0.15, -0.1) is 9.35 Å². The van der Waals surface area contributed by atoms with Crippen molar-refractivity contribution < 1.29 is 22.3 Å². The van der Waals surface area contributed by atoms with Crippen molar-refractivity contribution in [1.29, 1.82) is 0 Å². The maximum atomic E-state index is 12.0. The number of amides is 2. The first-order chi connectivity index (χ1) is 9.24. The highest BCUT2D eigenvalue weighted by atomic mass is 32.2. The van der Waals surface area contributed by atoms with Gasteiger partial charge in [-0.1, -0.05) is 17.7 Å². The fourth-order valence-electron chi connectivity index (χ4n) is 1.63. The van der Waals surface area contributed by atoms with Crippen LogP contribution in [0.2, 0.25) is 0 Å². The Morgan fingerprint density at radius 3 is 1.80 bits per heavy atom. The lowest BCUT2D eigenvalue weighted by Crippen LogP contribution is -2.34. The molecule has 0 fully saturated rings. The summed E-state index contributed by atoms with van der Waals surface area (Å²) in [6, 6.07) is 5.89. The van der Waals surface area contributed by atoms with E-state index in [2.05, 4.69) is 4.28 Å². The second kappa shape index (κ2) is 4.84. The molecule has 0 spiro atoms. The van der Waals surface area contributed by atoms with Gasteiger partial charge < -0.3 is 0 Å². The summed E-state index contributed by atoms with van der Waals surface area (Å²) >= 11 is 0. The number of carbonyl (C=O) groups excluding carboxylic acids is 2. The zero-order valence-corrected chi connectivity index (χ0v) is 12.0. The molecule has 0 saturated carbocycles. The molecule has 1 aromatic rings. The number of hydrogen-bond donors (Lipinski definition) is 0. The number of hydrogen-bond acceptors (Lipinski definition) is 5. The minimum absolute atomic E-state index is 0.120. The summed E-state index contributed by atoms with van der Waals surface area (Å²) in [6.45, 7) is 4.69. The Morgan fingerprint density at radius 2 is 1.35 bits per heavy atom. The van der Waals surface area contributed by atoms with E-state index in [0.29, 0.717) is 0 Å². The van der Waals surface area contributed by atoms with Gasteiger partial charge in [0, 0.05) is 11.1 Å². The van der Waals surface area contributed by atoms with Gasteiger partial charge in [0.05, 0.1) is 4.90 Å². The summed E-state index contributed by atoms with van der Waals surface area (Å²) in [4.78, 5) is 23.4. The molecular formula is C13H13NO5S. The lowest BCUT2D eigenvalue weighted by Gasteiger charge is -2.13. The molecule has 0 unspecified atom stereocenters. The van der Waals surface area contributed by atoms with E-state index in [4.69, 9.17) is 0 Å². The van der Waals surface area contributed by atoms with Crippen molar-refractivity contribution in [3.63, 3.8) is 0 Å². The molecule has 0 aromatic heterocycles. The van der Waals surface area contributed by atoms with Crippen LogP contribution < -0.4 is 0 Å². The Balaban J connectivity index is 2.29. The van der Waals surface area contributed by atoms with Crippen LogP contribution in [0.5, 0.6) is 0 Å². The fourth-order valence-corrected chi connectivity index (χ4v) is 2.52. The molecule has 1 aliphatic rings. The number of hydroxylamine groups is 2. The summed E-state index contributed by atoms with van der Waals surface area (Å²) in [5, 5.41) is 0.278. The minimum atomic E-state index is -4.22. The zero-order valence-electron chi connectivity index (χ0n) is 11.2. The lowest BCUT2D eigenvalue weighted by atomic mass is 10.2. The molecule has 6 nitrogen and oxygen atoms in total. The highest BCUT2D eigenvalue weighted by Gasteiger charge is 2.38. The largest absolute Gasteiger partial charge is 0.318 e. The van der Waals surface area contributed by atoms with Crippen LogP contribution in [0.1, 0.15) is 19.4 Å². The first kappa shape index (κ1) is 14.4. The maximum Gasteiger partial charge on any atom is 0.318 e. The SMILES string of the molecule is CC1=C(C)C(=O)N(OS(=O)(=O)c2ccc(C)cc2)C1=O. The Bertz CT molecular complexity index is 692. The van der Waals surface area contributed by atoms with Crippen molar-refractivity contribution in [2.45, 2.75) is 25.7 Å². The molecule has 1 heterocycles. The highest BCUT2D eigenvalue weighted by molar-refractivity contribution is 7.86. The highest BCUT2D eigenvalue weighted by Crippen LogP contribution is 2.23. The number of imide groups is 1. The van der Waals surface area contributed by atoms with Gasteiger partial charge in [0.2, 0.25) is 0 Å².